The number of carbonyl (C=O) groups is 2. The molecule has 1 aliphatic carbocycles. The Hall–Kier alpha value is -1.60. The average molecular weight is 374 g/mol. The minimum atomic E-state index is -4.17. The van der Waals surface area contributed by atoms with Crippen molar-refractivity contribution in [3.8, 4) is 0 Å². The number of hydrogen-bond donors (Lipinski definition) is 1. The predicted molar refractivity (Wildman–Crippen MR) is 89.8 cm³/mol. The molecule has 0 aromatic heterocycles. The number of carbonyl (C=O) groups excluding carboxylic acids is 1. The summed E-state index contributed by atoms with van der Waals surface area (Å²) in [4.78, 5) is 22.9. The summed E-state index contributed by atoms with van der Waals surface area (Å²) in [6.45, 7) is 4.54. The summed E-state index contributed by atoms with van der Waals surface area (Å²) < 4.78 is 25.7. The molecule has 1 amide bonds. The average Bonchev–Trinajstić information content (AvgIpc) is 3.24. The van der Waals surface area contributed by atoms with E-state index in [1.54, 1.807) is 12.1 Å². The number of halogens is 1. The maximum absolute atomic E-state index is 12.6. The second-order valence-electron chi connectivity index (χ2n) is 6.84. The van der Waals surface area contributed by atoms with Crippen molar-refractivity contribution in [1.29, 1.82) is 0 Å². The van der Waals surface area contributed by atoms with Crippen LogP contribution in [0.5, 0.6) is 0 Å². The van der Waals surface area contributed by atoms with E-state index in [2.05, 4.69) is 0 Å². The van der Waals surface area contributed by atoms with Crippen LogP contribution in [0.4, 0.5) is 4.79 Å². The first kappa shape index (κ1) is 18.7. The summed E-state index contributed by atoms with van der Waals surface area (Å²) >= 11 is 5.54. The molecule has 1 aromatic rings. The van der Waals surface area contributed by atoms with Gasteiger partial charge in [0.1, 0.15) is 0 Å². The first-order chi connectivity index (χ1) is 11.0. The van der Waals surface area contributed by atoms with Crippen LogP contribution in [0.3, 0.4) is 0 Å². The van der Waals surface area contributed by atoms with E-state index < -0.39 is 21.7 Å². The van der Waals surface area contributed by atoms with Gasteiger partial charge < -0.3 is 5.11 Å². The number of amides is 1. The summed E-state index contributed by atoms with van der Waals surface area (Å²) in [6.07, 6.45) is -0.817. The van der Waals surface area contributed by atoms with Gasteiger partial charge >= 0.3 is 6.09 Å². The zero-order valence-corrected chi connectivity index (χ0v) is 15.3. The Balaban J connectivity index is 2.27. The maximum Gasteiger partial charge on any atom is 0.421 e. The van der Waals surface area contributed by atoms with Gasteiger partial charge in [0, 0.05) is 5.92 Å². The summed E-state index contributed by atoms with van der Waals surface area (Å²) in [5, 5.41) is 9.28. The fraction of sp³-hybridized carbons (Fsp3) is 0.500. The van der Waals surface area contributed by atoms with Gasteiger partial charge in [-0.05, 0) is 50.8 Å². The molecule has 0 saturated heterocycles. The van der Waals surface area contributed by atoms with Crippen molar-refractivity contribution in [3.05, 3.63) is 29.8 Å². The zero-order chi connectivity index (χ0) is 18.3. The lowest BCUT2D eigenvalue weighted by molar-refractivity contribution is -0.117. The molecule has 1 saturated carbocycles. The molecule has 0 spiro atoms. The third kappa shape index (κ3) is 3.57. The molecule has 8 heteroatoms. The van der Waals surface area contributed by atoms with Gasteiger partial charge in [-0.25, -0.2) is 13.2 Å². The highest BCUT2D eigenvalue weighted by Gasteiger charge is 2.43. The molecule has 24 heavy (non-hydrogen) atoms. The van der Waals surface area contributed by atoms with Gasteiger partial charge in [-0.15, -0.1) is 11.6 Å². The standard InChI is InChI=1S/C16H20ClNO5S/c1-16(2,3)18(15(20)21)24(22,23)11-6-4-10(5-7-11)12-8-13(12)14(19)9-17/h4-7,12-13H,8-9H2,1-3H3,(H,20,21)/t12-,13+/m0/s1. The molecule has 0 radical (unpaired) electrons. The van der Waals surface area contributed by atoms with Crippen molar-refractivity contribution in [2.24, 2.45) is 5.92 Å². The number of benzene rings is 1. The smallest absolute Gasteiger partial charge is 0.421 e. The topological polar surface area (TPSA) is 91.8 Å². The fourth-order valence-electron chi connectivity index (χ4n) is 2.76. The third-order valence-corrected chi connectivity index (χ3v) is 6.28. The number of carboxylic acid groups (broad SMARTS) is 1. The summed E-state index contributed by atoms with van der Waals surface area (Å²) in [5.41, 5.74) is -0.243. The Morgan fingerprint density at radius 3 is 2.21 bits per heavy atom. The molecule has 0 aliphatic heterocycles. The van der Waals surface area contributed by atoms with E-state index >= 15 is 0 Å². The first-order valence-corrected chi connectivity index (χ1v) is 9.44. The Labute approximate surface area is 146 Å². The lowest BCUT2D eigenvalue weighted by atomic mass is 10.1. The molecular weight excluding hydrogens is 354 g/mol. The van der Waals surface area contributed by atoms with Crippen molar-refractivity contribution in [1.82, 2.24) is 4.31 Å². The van der Waals surface area contributed by atoms with Crippen molar-refractivity contribution in [2.75, 3.05) is 5.88 Å². The molecule has 2 atom stereocenters. The SMILES string of the molecule is CC(C)(C)N(C(=O)O)S(=O)(=O)c1ccc([C@@H]2C[C@H]2C(=O)CCl)cc1. The van der Waals surface area contributed by atoms with Gasteiger partial charge in [0.15, 0.2) is 5.78 Å². The van der Waals surface area contributed by atoms with Crippen LogP contribution in [0, 0.1) is 5.92 Å². The monoisotopic (exact) mass is 373 g/mol. The van der Waals surface area contributed by atoms with Gasteiger partial charge in [0.25, 0.3) is 10.0 Å². The number of rotatable bonds is 5. The molecule has 1 N–H and O–H groups in total. The second kappa shape index (κ2) is 6.37. The minimum absolute atomic E-state index is 0.0110. The molecule has 1 aliphatic rings. The summed E-state index contributed by atoms with van der Waals surface area (Å²) in [7, 11) is -4.17. The van der Waals surface area contributed by atoms with Crippen LogP contribution in [-0.4, -0.2) is 41.1 Å². The van der Waals surface area contributed by atoms with E-state index in [4.69, 9.17) is 11.6 Å². The predicted octanol–water partition coefficient (Wildman–Crippen LogP) is 3.07. The molecule has 0 unspecified atom stereocenters. The first-order valence-electron chi connectivity index (χ1n) is 7.47. The zero-order valence-electron chi connectivity index (χ0n) is 13.7. The second-order valence-corrected chi connectivity index (χ2v) is 8.89. The maximum atomic E-state index is 12.6. The van der Waals surface area contributed by atoms with Crippen LogP contribution in [0.2, 0.25) is 0 Å². The van der Waals surface area contributed by atoms with E-state index in [0.29, 0.717) is 10.7 Å². The minimum Gasteiger partial charge on any atom is -0.464 e. The van der Waals surface area contributed by atoms with Crippen molar-refractivity contribution in [2.45, 2.75) is 43.5 Å². The number of hydrogen-bond acceptors (Lipinski definition) is 4. The number of sulfonamides is 1. The van der Waals surface area contributed by atoms with Crippen LogP contribution in [-0.2, 0) is 14.8 Å². The highest BCUT2D eigenvalue weighted by Crippen LogP contribution is 2.48. The Kier molecular flexibility index (Phi) is 4.97. The van der Waals surface area contributed by atoms with E-state index in [-0.39, 0.29) is 28.4 Å². The molecule has 132 valence electrons. The molecule has 0 heterocycles. The number of nitrogens with zero attached hydrogens (tertiary/aromatic N) is 1. The highest BCUT2D eigenvalue weighted by atomic mass is 35.5. The fourth-order valence-corrected chi connectivity index (χ4v) is 4.58. The van der Waals surface area contributed by atoms with E-state index in [1.807, 2.05) is 0 Å². The molecule has 0 bridgehead atoms. The van der Waals surface area contributed by atoms with Crippen molar-refractivity contribution < 1.29 is 23.1 Å². The van der Waals surface area contributed by atoms with Gasteiger partial charge in [0.05, 0.1) is 16.3 Å². The molecule has 1 aromatic carbocycles. The molecule has 2 rings (SSSR count). The van der Waals surface area contributed by atoms with Crippen molar-refractivity contribution in [3.63, 3.8) is 0 Å². The van der Waals surface area contributed by atoms with Crippen LogP contribution < -0.4 is 0 Å². The Bertz CT molecular complexity index is 752. The van der Waals surface area contributed by atoms with Crippen LogP contribution in [0.1, 0.15) is 38.7 Å². The molecule has 1 fully saturated rings. The van der Waals surface area contributed by atoms with Crippen LogP contribution in [0.25, 0.3) is 0 Å². The largest absolute Gasteiger partial charge is 0.464 e. The van der Waals surface area contributed by atoms with E-state index in [0.717, 1.165) is 5.56 Å². The van der Waals surface area contributed by atoms with Gasteiger partial charge in [-0.3, -0.25) is 4.79 Å². The highest BCUT2D eigenvalue weighted by molar-refractivity contribution is 7.89. The lowest BCUT2D eigenvalue weighted by Crippen LogP contribution is -2.48. The van der Waals surface area contributed by atoms with E-state index in [1.165, 1.54) is 32.9 Å². The van der Waals surface area contributed by atoms with Gasteiger partial charge in [0.2, 0.25) is 0 Å². The Morgan fingerprint density at radius 2 is 1.79 bits per heavy atom. The molecular formula is C16H20ClNO5S. The third-order valence-electron chi connectivity index (χ3n) is 3.97. The van der Waals surface area contributed by atoms with Crippen LogP contribution >= 0.6 is 11.6 Å². The van der Waals surface area contributed by atoms with Crippen molar-refractivity contribution >= 4 is 33.5 Å². The summed E-state index contributed by atoms with van der Waals surface area (Å²) in [6, 6.07) is 6.02. The quantitative estimate of drug-likeness (QED) is 0.801. The lowest BCUT2D eigenvalue weighted by Gasteiger charge is -2.31. The molecule has 6 nitrogen and oxygen atoms in total. The Morgan fingerprint density at radius 1 is 1.25 bits per heavy atom. The van der Waals surface area contributed by atoms with E-state index in [9.17, 15) is 23.1 Å². The normalized spacial score (nSPS) is 20.5. The van der Waals surface area contributed by atoms with Gasteiger partial charge in [-0.1, -0.05) is 12.1 Å². The van der Waals surface area contributed by atoms with Gasteiger partial charge in [-0.2, -0.15) is 4.31 Å². The number of Topliss-reactive ketones (excluding diaryl/α,β-unsaturated/α-hetero) is 1. The number of alkyl halides is 1. The van der Waals surface area contributed by atoms with Crippen LogP contribution in [0.15, 0.2) is 29.2 Å². The number of ketones is 1. The summed E-state index contributed by atoms with van der Waals surface area (Å²) in [5.74, 6) is -0.0725.